The Kier molecular flexibility index (Phi) is 11.2. The molecule has 2 heterocycles. The summed E-state index contributed by atoms with van der Waals surface area (Å²) in [6, 6.07) is 17.5. The van der Waals surface area contributed by atoms with Crippen molar-refractivity contribution in [3.63, 3.8) is 0 Å². The maximum atomic E-state index is 6.41. The minimum absolute atomic E-state index is 0.152. The monoisotopic (exact) mass is 555 g/mol. The molecular formula is C36H53N5. The van der Waals surface area contributed by atoms with Crippen LogP contribution < -0.4 is 5.73 Å². The topological polar surface area (TPSA) is 60.0 Å². The summed E-state index contributed by atoms with van der Waals surface area (Å²) >= 11 is 0. The lowest BCUT2D eigenvalue weighted by molar-refractivity contribution is 0.124. The molecule has 2 N–H and O–H groups in total. The Bertz CT molecular complexity index is 1360. The molecule has 0 aliphatic carbocycles. The molecule has 4 aromatic rings. The minimum atomic E-state index is 0.152. The summed E-state index contributed by atoms with van der Waals surface area (Å²) in [5.41, 5.74) is 12.1. The average Bonchev–Trinajstić information content (AvgIpc) is 3.32. The lowest BCUT2D eigenvalue weighted by Crippen LogP contribution is -2.41. The van der Waals surface area contributed by atoms with Gasteiger partial charge in [0.2, 0.25) is 0 Å². The molecule has 41 heavy (non-hydrogen) atoms. The van der Waals surface area contributed by atoms with E-state index in [0.717, 1.165) is 66.7 Å². The second kappa shape index (κ2) is 14.8. The van der Waals surface area contributed by atoms with Crippen LogP contribution in [0.25, 0.3) is 21.9 Å². The quantitative estimate of drug-likeness (QED) is 0.140. The van der Waals surface area contributed by atoms with Crippen LogP contribution in [-0.4, -0.2) is 31.5 Å². The number of benzene rings is 2. The number of nitrogens with two attached hydrogens (primary N) is 1. The van der Waals surface area contributed by atoms with Crippen LogP contribution in [0.3, 0.4) is 0 Å². The standard InChI is InChI=1S/C36H53N5/c1-6-8-10-11-12-13-14-17-25-40(36(3,4)5)26-28-21-23-29(24-22-28)27-41-32(20-9-7-2)39-33-34(41)30-18-15-16-19-31(30)38-35(33)37/h15-16,18-19,21-24H,6-14,17,20,25-27H2,1-5H3,(H2,37,38). The van der Waals surface area contributed by atoms with Gasteiger partial charge < -0.3 is 10.3 Å². The Balaban J connectivity index is 1.47. The Morgan fingerprint density at radius 1 is 0.756 bits per heavy atom. The van der Waals surface area contributed by atoms with Gasteiger partial charge >= 0.3 is 0 Å². The largest absolute Gasteiger partial charge is 0.382 e. The number of aryl methyl sites for hydroxylation is 1. The third-order valence-corrected chi connectivity index (χ3v) is 8.41. The molecule has 0 saturated heterocycles. The molecule has 0 bridgehead atoms. The van der Waals surface area contributed by atoms with Crippen LogP contribution in [-0.2, 0) is 19.5 Å². The molecule has 0 aliphatic heterocycles. The summed E-state index contributed by atoms with van der Waals surface area (Å²) in [7, 11) is 0. The van der Waals surface area contributed by atoms with Gasteiger partial charge in [0.15, 0.2) is 5.82 Å². The van der Waals surface area contributed by atoms with Crippen LogP contribution in [0, 0.1) is 0 Å². The van der Waals surface area contributed by atoms with Gasteiger partial charge in [0.25, 0.3) is 0 Å². The predicted octanol–water partition coefficient (Wildman–Crippen LogP) is 9.30. The van der Waals surface area contributed by atoms with Crippen LogP contribution in [0.1, 0.15) is 116 Å². The zero-order chi connectivity index (χ0) is 29.2. The van der Waals surface area contributed by atoms with Crippen LogP contribution in [0.2, 0.25) is 0 Å². The van der Waals surface area contributed by atoms with E-state index in [1.807, 2.05) is 12.1 Å². The fraction of sp³-hybridized carbons (Fsp3) is 0.556. The highest BCUT2D eigenvalue weighted by Crippen LogP contribution is 2.30. The van der Waals surface area contributed by atoms with Crippen molar-refractivity contribution in [2.45, 2.75) is 124 Å². The fourth-order valence-corrected chi connectivity index (χ4v) is 5.84. The van der Waals surface area contributed by atoms with Gasteiger partial charge in [-0.3, -0.25) is 4.90 Å². The van der Waals surface area contributed by atoms with Gasteiger partial charge in [-0.15, -0.1) is 0 Å². The van der Waals surface area contributed by atoms with E-state index in [2.05, 4.69) is 85.5 Å². The van der Waals surface area contributed by atoms with Crippen LogP contribution >= 0.6 is 0 Å². The first-order valence-electron chi connectivity index (χ1n) is 16.2. The molecule has 0 aliphatic rings. The molecule has 2 aromatic heterocycles. The van der Waals surface area contributed by atoms with E-state index in [-0.39, 0.29) is 5.54 Å². The smallest absolute Gasteiger partial charge is 0.152 e. The highest BCUT2D eigenvalue weighted by molar-refractivity contribution is 6.06. The number of para-hydroxylation sites is 1. The van der Waals surface area contributed by atoms with Gasteiger partial charge in [0.1, 0.15) is 11.3 Å². The first-order valence-corrected chi connectivity index (χ1v) is 16.2. The van der Waals surface area contributed by atoms with Gasteiger partial charge in [-0.05, 0) is 57.4 Å². The van der Waals surface area contributed by atoms with Gasteiger partial charge in [-0.25, -0.2) is 9.97 Å². The highest BCUT2D eigenvalue weighted by Gasteiger charge is 2.21. The molecule has 0 amide bonds. The number of fused-ring (bicyclic) bond motifs is 3. The SMILES string of the molecule is CCCCCCCCCCN(Cc1ccc(Cn2c(CCCC)nc3c(N)nc4ccccc4c32)cc1)C(C)(C)C. The van der Waals surface area contributed by atoms with Crippen LogP contribution in [0.5, 0.6) is 0 Å². The molecule has 5 heteroatoms. The molecule has 4 rings (SSSR count). The van der Waals surface area contributed by atoms with Crippen molar-refractivity contribution in [1.29, 1.82) is 0 Å². The van der Waals surface area contributed by atoms with Crippen molar-refractivity contribution in [3.05, 3.63) is 65.5 Å². The minimum Gasteiger partial charge on any atom is -0.382 e. The molecule has 2 aromatic carbocycles. The summed E-state index contributed by atoms with van der Waals surface area (Å²) < 4.78 is 2.38. The van der Waals surface area contributed by atoms with Crippen LogP contribution in [0.4, 0.5) is 5.82 Å². The molecule has 0 saturated carbocycles. The third-order valence-electron chi connectivity index (χ3n) is 8.41. The number of rotatable bonds is 16. The molecule has 5 nitrogen and oxygen atoms in total. The number of nitrogens with zero attached hydrogens (tertiary/aromatic N) is 4. The zero-order valence-electron chi connectivity index (χ0n) is 26.4. The number of nitrogen functional groups attached to an aromatic ring is 1. The summed E-state index contributed by atoms with van der Waals surface area (Å²) in [4.78, 5) is 12.3. The van der Waals surface area contributed by atoms with Gasteiger partial charge in [-0.2, -0.15) is 0 Å². The van der Waals surface area contributed by atoms with E-state index < -0.39 is 0 Å². The lowest BCUT2D eigenvalue weighted by atomic mass is 10.0. The van der Waals surface area contributed by atoms with E-state index in [9.17, 15) is 0 Å². The Morgan fingerprint density at radius 2 is 1.39 bits per heavy atom. The van der Waals surface area contributed by atoms with Crippen molar-refractivity contribution >= 4 is 27.8 Å². The molecule has 222 valence electrons. The zero-order valence-corrected chi connectivity index (χ0v) is 26.4. The molecule has 0 atom stereocenters. The van der Waals surface area contributed by atoms with Crippen molar-refractivity contribution in [1.82, 2.24) is 19.4 Å². The lowest BCUT2D eigenvalue weighted by Gasteiger charge is -2.36. The summed E-state index contributed by atoms with van der Waals surface area (Å²) in [5, 5.41) is 1.12. The van der Waals surface area contributed by atoms with Crippen molar-refractivity contribution < 1.29 is 0 Å². The number of hydrogen-bond donors (Lipinski definition) is 1. The average molecular weight is 556 g/mol. The number of aromatic nitrogens is 3. The number of hydrogen-bond acceptors (Lipinski definition) is 4. The van der Waals surface area contributed by atoms with E-state index in [4.69, 9.17) is 10.7 Å². The number of imidazole rings is 1. The van der Waals surface area contributed by atoms with E-state index >= 15 is 0 Å². The first kappa shape index (κ1) is 31.0. The van der Waals surface area contributed by atoms with Gasteiger partial charge in [0.05, 0.1) is 11.0 Å². The second-order valence-corrected chi connectivity index (χ2v) is 12.8. The third kappa shape index (κ3) is 8.31. The molecule has 0 unspecified atom stereocenters. The Morgan fingerprint density at radius 3 is 2.07 bits per heavy atom. The Labute approximate surface area is 248 Å². The maximum absolute atomic E-state index is 6.41. The fourth-order valence-electron chi connectivity index (χ4n) is 5.84. The van der Waals surface area contributed by atoms with E-state index in [0.29, 0.717) is 5.82 Å². The van der Waals surface area contributed by atoms with E-state index in [1.165, 1.54) is 62.5 Å². The highest BCUT2D eigenvalue weighted by atomic mass is 15.2. The summed E-state index contributed by atoms with van der Waals surface area (Å²) in [5.74, 6) is 1.62. The summed E-state index contributed by atoms with van der Waals surface area (Å²) in [6.45, 7) is 14.5. The Hall–Kier alpha value is -2.92. The van der Waals surface area contributed by atoms with Crippen molar-refractivity contribution in [3.8, 4) is 0 Å². The number of unbranched alkanes of at least 4 members (excludes halogenated alkanes) is 8. The predicted molar refractivity (Wildman–Crippen MR) is 176 cm³/mol. The van der Waals surface area contributed by atoms with E-state index in [1.54, 1.807) is 0 Å². The number of anilines is 1. The van der Waals surface area contributed by atoms with Crippen LogP contribution in [0.15, 0.2) is 48.5 Å². The molecule has 0 radical (unpaired) electrons. The van der Waals surface area contributed by atoms with Gasteiger partial charge in [-0.1, -0.05) is 108 Å². The van der Waals surface area contributed by atoms with Gasteiger partial charge in [0, 0.05) is 30.4 Å². The van der Waals surface area contributed by atoms with Crippen molar-refractivity contribution in [2.24, 2.45) is 0 Å². The molecule has 0 spiro atoms. The number of pyridine rings is 1. The second-order valence-electron chi connectivity index (χ2n) is 12.8. The summed E-state index contributed by atoms with van der Waals surface area (Å²) in [6.07, 6.45) is 14.1. The molecular weight excluding hydrogens is 502 g/mol. The first-order chi connectivity index (χ1) is 19.8. The molecule has 0 fully saturated rings. The van der Waals surface area contributed by atoms with Crippen molar-refractivity contribution in [2.75, 3.05) is 12.3 Å². The normalized spacial score (nSPS) is 12.2. The maximum Gasteiger partial charge on any atom is 0.152 e.